The molecule has 2 atom stereocenters. The number of amides is 1. The molecule has 0 aromatic heterocycles. The molecule has 1 unspecified atom stereocenters. The highest BCUT2D eigenvalue weighted by molar-refractivity contribution is 5.85. The summed E-state index contributed by atoms with van der Waals surface area (Å²) in [7, 11) is 0. The normalized spacial score (nSPS) is 32.3. The van der Waals surface area contributed by atoms with Gasteiger partial charge in [-0.25, -0.2) is 0 Å². The van der Waals surface area contributed by atoms with E-state index in [1.165, 1.54) is 19.4 Å². The fraction of sp³-hybridized carbons (Fsp3) is 0.929. The summed E-state index contributed by atoms with van der Waals surface area (Å²) in [5.41, 5.74) is 0. The van der Waals surface area contributed by atoms with E-state index in [0.717, 1.165) is 51.3 Å². The Hall–Kier alpha value is -0.320. The van der Waals surface area contributed by atoms with Crippen LogP contribution in [0.2, 0.25) is 0 Å². The van der Waals surface area contributed by atoms with Gasteiger partial charge in [0.2, 0.25) is 0 Å². The Morgan fingerprint density at radius 1 is 1.11 bits per heavy atom. The smallest absolute Gasteiger partial charge is 0.251 e. The third kappa shape index (κ3) is 3.41. The molecule has 3 heterocycles. The minimum absolute atomic E-state index is 0. The predicted molar refractivity (Wildman–Crippen MR) is 76.6 cm³/mol. The average Bonchev–Trinajstić information content (AvgIpc) is 3.11. The molecule has 1 amide bonds. The number of piperidine rings is 1. The number of halogens is 1. The summed E-state index contributed by atoms with van der Waals surface area (Å²) in [6.07, 6.45) is 6.80. The first kappa shape index (κ1) is 15.1. The van der Waals surface area contributed by atoms with E-state index in [0.29, 0.717) is 6.04 Å². The lowest BCUT2D eigenvalue weighted by atomic mass is 9.88. The van der Waals surface area contributed by atoms with E-state index in [1.54, 1.807) is 0 Å². The second kappa shape index (κ2) is 6.91. The molecule has 3 rings (SSSR count). The van der Waals surface area contributed by atoms with Gasteiger partial charge in [-0.2, -0.15) is 0 Å². The van der Waals surface area contributed by atoms with Gasteiger partial charge < -0.3 is 15.0 Å². The monoisotopic (exact) mass is 288 g/mol. The van der Waals surface area contributed by atoms with Crippen LogP contribution in [0.1, 0.15) is 38.5 Å². The lowest BCUT2D eigenvalue weighted by Crippen LogP contribution is -2.46. The van der Waals surface area contributed by atoms with Crippen molar-refractivity contribution in [2.75, 3.05) is 26.2 Å². The number of hydrogen-bond donors (Lipinski definition) is 1. The van der Waals surface area contributed by atoms with Crippen LogP contribution in [0.25, 0.3) is 0 Å². The molecule has 0 bridgehead atoms. The maximum absolute atomic E-state index is 12.2. The first-order valence-corrected chi connectivity index (χ1v) is 7.48. The van der Waals surface area contributed by atoms with Crippen molar-refractivity contribution in [3.8, 4) is 0 Å². The summed E-state index contributed by atoms with van der Waals surface area (Å²) in [6.45, 7) is 3.81. The second-order valence-electron chi connectivity index (χ2n) is 5.87. The summed E-state index contributed by atoms with van der Waals surface area (Å²) in [4.78, 5) is 14.2. The Bertz CT molecular complexity index is 294. The first-order chi connectivity index (χ1) is 8.84. The van der Waals surface area contributed by atoms with Crippen molar-refractivity contribution in [2.45, 2.75) is 50.7 Å². The highest BCUT2D eigenvalue weighted by Gasteiger charge is 2.33. The number of likely N-dealkylation sites (tertiary alicyclic amines) is 1. The van der Waals surface area contributed by atoms with Gasteiger partial charge in [0.05, 0.1) is 0 Å². The van der Waals surface area contributed by atoms with Crippen molar-refractivity contribution in [3.63, 3.8) is 0 Å². The van der Waals surface area contributed by atoms with Gasteiger partial charge in [0.25, 0.3) is 5.91 Å². The van der Waals surface area contributed by atoms with Crippen LogP contribution in [-0.2, 0) is 9.53 Å². The molecule has 110 valence electrons. The summed E-state index contributed by atoms with van der Waals surface area (Å²) in [5, 5.41) is 3.60. The summed E-state index contributed by atoms with van der Waals surface area (Å²) >= 11 is 0. The molecule has 3 aliphatic heterocycles. The van der Waals surface area contributed by atoms with Crippen LogP contribution in [0.4, 0.5) is 0 Å². The van der Waals surface area contributed by atoms with Crippen molar-refractivity contribution < 1.29 is 9.53 Å². The molecule has 3 aliphatic rings. The maximum atomic E-state index is 12.2. The lowest BCUT2D eigenvalue weighted by molar-refractivity contribution is -0.142. The van der Waals surface area contributed by atoms with E-state index < -0.39 is 0 Å². The Morgan fingerprint density at radius 2 is 1.89 bits per heavy atom. The minimum Gasteiger partial charge on any atom is -0.368 e. The number of carbonyl (C=O) groups excluding carboxylic acids is 1. The van der Waals surface area contributed by atoms with Gasteiger partial charge in [0.15, 0.2) is 0 Å². The number of nitrogens with zero attached hydrogens (tertiary/aromatic N) is 1. The molecule has 0 radical (unpaired) electrons. The first-order valence-electron chi connectivity index (χ1n) is 7.48. The number of rotatable bonds is 2. The Balaban J connectivity index is 0.00000133. The lowest BCUT2D eigenvalue weighted by Gasteiger charge is -2.35. The minimum atomic E-state index is -0.133. The van der Waals surface area contributed by atoms with Crippen molar-refractivity contribution in [1.82, 2.24) is 10.2 Å². The summed E-state index contributed by atoms with van der Waals surface area (Å²) < 4.78 is 5.49. The molecule has 1 N–H and O–H groups in total. The zero-order chi connectivity index (χ0) is 12.4. The Labute approximate surface area is 121 Å². The van der Waals surface area contributed by atoms with Crippen LogP contribution in [0.3, 0.4) is 0 Å². The number of carbonyl (C=O) groups is 1. The van der Waals surface area contributed by atoms with Crippen LogP contribution in [0.5, 0.6) is 0 Å². The van der Waals surface area contributed by atoms with E-state index in [1.807, 2.05) is 4.90 Å². The summed E-state index contributed by atoms with van der Waals surface area (Å²) in [5.74, 6) is 1.02. The zero-order valence-corrected chi connectivity index (χ0v) is 12.3. The molecule has 5 heteroatoms. The molecule has 0 aromatic rings. The number of ether oxygens (including phenoxy) is 1. The average molecular weight is 289 g/mol. The maximum Gasteiger partial charge on any atom is 0.251 e. The molecular weight excluding hydrogens is 264 g/mol. The fourth-order valence-electron chi connectivity index (χ4n) is 3.61. The van der Waals surface area contributed by atoms with E-state index in [-0.39, 0.29) is 24.4 Å². The predicted octanol–water partition coefficient (Wildman–Crippen LogP) is 1.58. The molecule has 0 aromatic carbocycles. The highest BCUT2D eigenvalue weighted by Crippen LogP contribution is 2.26. The molecule has 3 fully saturated rings. The molecule has 19 heavy (non-hydrogen) atoms. The van der Waals surface area contributed by atoms with E-state index in [9.17, 15) is 4.79 Å². The molecule has 0 spiro atoms. The van der Waals surface area contributed by atoms with Gasteiger partial charge in [-0.1, -0.05) is 0 Å². The van der Waals surface area contributed by atoms with Gasteiger partial charge in [0.1, 0.15) is 6.10 Å². The van der Waals surface area contributed by atoms with E-state index >= 15 is 0 Å². The second-order valence-corrected chi connectivity index (χ2v) is 5.87. The van der Waals surface area contributed by atoms with Gasteiger partial charge in [-0.3, -0.25) is 4.79 Å². The van der Waals surface area contributed by atoms with Crippen LogP contribution < -0.4 is 5.32 Å². The molecule has 0 saturated carbocycles. The largest absolute Gasteiger partial charge is 0.368 e. The molecule has 3 saturated heterocycles. The van der Waals surface area contributed by atoms with Crippen LogP contribution in [0.15, 0.2) is 0 Å². The Morgan fingerprint density at radius 3 is 2.47 bits per heavy atom. The van der Waals surface area contributed by atoms with E-state index in [4.69, 9.17) is 4.74 Å². The number of hydrogen-bond acceptors (Lipinski definition) is 3. The standard InChI is InChI=1S/C14H24N2O2.ClH/c17-14(13-4-2-10-18-13)16-8-5-11(6-9-16)12-3-1-7-15-12;/h11-13,15H,1-10H2;1H/t12?,13-;/m1./s1. The van der Waals surface area contributed by atoms with Crippen molar-refractivity contribution in [1.29, 1.82) is 0 Å². The van der Waals surface area contributed by atoms with Crippen molar-refractivity contribution in [2.24, 2.45) is 5.92 Å². The molecule has 0 aliphatic carbocycles. The molecular formula is C14H25ClN2O2. The van der Waals surface area contributed by atoms with Gasteiger partial charge >= 0.3 is 0 Å². The van der Waals surface area contributed by atoms with Crippen LogP contribution >= 0.6 is 12.4 Å². The highest BCUT2D eigenvalue weighted by atomic mass is 35.5. The van der Waals surface area contributed by atoms with E-state index in [2.05, 4.69) is 5.32 Å². The fourth-order valence-corrected chi connectivity index (χ4v) is 3.61. The van der Waals surface area contributed by atoms with Gasteiger partial charge in [-0.05, 0) is 51.0 Å². The van der Waals surface area contributed by atoms with Crippen LogP contribution in [0, 0.1) is 5.92 Å². The quantitative estimate of drug-likeness (QED) is 0.839. The zero-order valence-electron chi connectivity index (χ0n) is 11.5. The molecule has 4 nitrogen and oxygen atoms in total. The van der Waals surface area contributed by atoms with Crippen molar-refractivity contribution in [3.05, 3.63) is 0 Å². The summed E-state index contributed by atoms with van der Waals surface area (Å²) in [6, 6.07) is 0.713. The topological polar surface area (TPSA) is 41.6 Å². The third-order valence-corrected chi connectivity index (χ3v) is 4.72. The van der Waals surface area contributed by atoms with Gasteiger partial charge in [0, 0.05) is 25.7 Å². The van der Waals surface area contributed by atoms with Crippen molar-refractivity contribution >= 4 is 18.3 Å². The third-order valence-electron chi connectivity index (χ3n) is 4.72. The van der Waals surface area contributed by atoms with Gasteiger partial charge in [-0.15, -0.1) is 12.4 Å². The van der Waals surface area contributed by atoms with Crippen LogP contribution in [-0.4, -0.2) is 49.2 Å². The number of nitrogens with one attached hydrogen (secondary N) is 1. The Kier molecular flexibility index (Phi) is 5.48. The SMILES string of the molecule is Cl.O=C([C@H]1CCCO1)N1CCC(C2CCCN2)CC1.